The predicted molar refractivity (Wildman–Crippen MR) is 49.8 cm³/mol. The Morgan fingerprint density at radius 3 is 2.36 bits per heavy atom. The van der Waals surface area contributed by atoms with Gasteiger partial charge in [0.1, 0.15) is 0 Å². The maximum atomic E-state index is 3.65. The van der Waals surface area contributed by atoms with Crippen LogP contribution in [0.2, 0.25) is 0 Å². The molecule has 0 radical (unpaired) electrons. The molecule has 0 saturated heterocycles. The Kier molecular flexibility index (Phi) is 3.38. The van der Waals surface area contributed by atoms with E-state index in [9.17, 15) is 0 Å². The van der Waals surface area contributed by atoms with Gasteiger partial charge in [-0.3, -0.25) is 0 Å². The molecule has 0 unspecified atom stereocenters. The second-order valence-corrected chi connectivity index (χ2v) is 4.05. The molecule has 1 N–H and O–H groups in total. The molecule has 0 bridgehead atoms. The van der Waals surface area contributed by atoms with Crippen LogP contribution in [0.1, 0.15) is 52.4 Å². The number of hydrogen-bond donors (Lipinski definition) is 1. The van der Waals surface area contributed by atoms with E-state index in [1.54, 1.807) is 0 Å². The second-order valence-electron chi connectivity index (χ2n) is 4.05. The summed E-state index contributed by atoms with van der Waals surface area (Å²) in [6.07, 6.45) is 8.32. The van der Waals surface area contributed by atoms with E-state index in [0.717, 1.165) is 0 Å². The first-order valence-corrected chi connectivity index (χ1v) is 5.02. The van der Waals surface area contributed by atoms with E-state index >= 15 is 0 Å². The molecule has 1 fully saturated rings. The molecule has 1 rings (SSSR count). The SMILES string of the molecule is CCCNC1(C)CCCCC1. The van der Waals surface area contributed by atoms with Gasteiger partial charge >= 0.3 is 0 Å². The van der Waals surface area contributed by atoms with Crippen molar-refractivity contribution in [2.24, 2.45) is 0 Å². The lowest BCUT2D eigenvalue weighted by Gasteiger charge is -2.34. The normalized spacial score (nSPS) is 23.5. The molecule has 1 saturated carbocycles. The van der Waals surface area contributed by atoms with Gasteiger partial charge in [0.15, 0.2) is 0 Å². The lowest BCUT2D eigenvalue weighted by molar-refractivity contribution is 0.255. The number of hydrogen-bond acceptors (Lipinski definition) is 1. The van der Waals surface area contributed by atoms with Crippen LogP contribution in [0.25, 0.3) is 0 Å². The van der Waals surface area contributed by atoms with Crippen LogP contribution in [0.5, 0.6) is 0 Å². The third-order valence-corrected chi connectivity index (χ3v) is 2.76. The van der Waals surface area contributed by atoms with Crippen LogP contribution in [-0.2, 0) is 0 Å². The van der Waals surface area contributed by atoms with Crippen molar-refractivity contribution in [3.63, 3.8) is 0 Å². The van der Waals surface area contributed by atoms with Gasteiger partial charge in [0.25, 0.3) is 0 Å². The van der Waals surface area contributed by atoms with Crippen molar-refractivity contribution in [1.29, 1.82) is 0 Å². The summed E-state index contributed by atoms with van der Waals surface area (Å²) in [6.45, 7) is 5.80. The molecule has 1 nitrogen and oxygen atoms in total. The fourth-order valence-corrected chi connectivity index (χ4v) is 1.94. The van der Waals surface area contributed by atoms with E-state index in [4.69, 9.17) is 0 Å². The van der Waals surface area contributed by atoms with Crippen LogP contribution in [-0.4, -0.2) is 12.1 Å². The maximum absolute atomic E-state index is 3.65. The van der Waals surface area contributed by atoms with Crippen molar-refractivity contribution in [3.05, 3.63) is 0 Å². The first-order chi connectivity index (χ1) is 5.27. The molecule has 1 aliphatic rings. The highest BCUT2D eigenvalue weighted by molar-refractivity contribution is 4.85. The minimum Gasteiger partial charge on any atom is -0.312 e. The van der Waals surface area contributed by atoms with Crippen molar-refractivity contribution in [1.82, 2.24) is 5.32 Å². The third-order valence-electron chi connectivity index (χ3n) is 2.76. The average Bonchev–Trinajstić information content (AvgIpc) is 2.03. The molecular weight excluding hydrogens is 134 g/mol. The summed E-state index contributed by atoms with van der Waals surface area (Å²) in [6, 6.07) is 0. The van der Waals surface area contributed by atoms with E-state index in [1.165, 1.54) is 45.1 Å². The molecular formula is C10H21N. The Morgan fingerprint density at radius 1 is 1.18 bits per heavy atom. The highest BCUT2D eigenvalue weighted by atomic mass is 15.0. The average molecular weight is 155 g/mol. The highest BCUT2D eigenvalue weighted by Crippen LogP contribution is 2.27. The van der Waals surface area contributed by atoms with E-state index in [1.807, 2.05) is 0 Å². The number of nitrogens with one attached hydrogen (secondary N) is 1. The lowest BCUT2D eigenvalue weighted by Crippen LogP contribution is -2.44. The maximum Gasteiger partial charge on any atom is 0.0153 e. The van der Waals surface area contributed by atoms with E-state index in [2.05, 4.69) is 19.2 Å². The van der Waals surface area contributed by atoms with Gasteiger partial charge in [-0.25, -0.2) is 0 Å². The predicted octanol–water partition coefficient (Wildman–Crippen LogP) is 2.71. The molecule has 0 aliphatic heterocycles. The monoisotopic (exact) mass is 155 g/mol. The molecule has 11 heavy (non-hydrogen) atoms. The van der Waals surface area contributed by atoms with E-state index < -0.39 is 0 Å². The van der Waals surface area contributed by atoms with Crippen LogP contribution in [0.3, 0.4) is 0 Å². The molecule has 0 aromatic heterocycles. The van der Waals surface area contributed by atoms with Gasteiger partial charge in [-0.1, -0.05) is 26.2 Å². The Labute approximate surface area is 70.6 Å². The second kappa shape index (κ2) is 4.10. The van der Waals surface area contributed by atoms with Crippen molar-refractivity contribution in [2.45, 2.75) is 57.9 Å². The van der Waals surface area contributed by atoms with Crippen LogP contribution in [0, 0.1) is 0 Å². The Hall–Kier alpha value is -0.0400. The largest absolute Gasteiger partial charge is 0.312 e. The van der Waals surface area contributed by atoms with Gasteiger partial charge < -0.3 is 5.32 Å². The van der Waals surface area contributed by atoms with Crippen molar-refractivity contribution >= 4 is 0 Å². The standard InChI is InChI=1S/C10H21N/c1-3-9-11-10(2)7-5-4-6-8-10/h11H,3-9H2,1-2H3. The van der Waals surface area contributed by atoms with Gasteiger partial charge in [-0.05, 0) is 32.7 Å². The first kappa shape index (κ1) is 9.05. The molecule has 0 amide bonds. The van der Waals surface area contributed by atoms with Crippen molar-refractivity contribution < 1.29 is 0 Å². The summed E-state index contributed by atoms with van der Waals surface area (Å²) in [5.74, 6) is 0. The molecule has 66 valence electrons. The van der Waals surface area contributed by atoms with Crippen LogP contribution >= 0.6 is 0 Å². The quantitative estimate of drug-likeness (QED) is 0.660. The zero-order valence-electron chi connectivity index (χ0n) is 7.95. The zero-order chi connectivity index (χ0) is 8.16. The van der Waals surface area contributed by atoms with Crippen LogP contribution in [0.4, 0.5) is 0 Å². The smallest absolute Gasteiger partial charge is 0.0153 e. The van der Waals surface area contributed by atoms with E-state index in [-0.39, 0.29) is 0 Å². The minimum atomic E-state index is 0.480. The van der Waals surface area contributed by atoms with Gasteiger partial charge in [0.05, 0.1) is 0 Å². The first-order valence-electron chi connectivity index (χ1n) is 5.02. The van der Waals surface area contributed by atoms with Gasteiger partial charge in [-0.15, -0.1) is 0 Å². The minimum absolute atomic E-state index is 0.480. The van der Waals surface area contributed by atoms with Gasteiger partial charge in [-0.2, -0.15) is 0 Å². The topological polar surface area (TPSA) is 12.0 Å². The third kappa shape index (κ3) is 2.82. The molecule has 0 heterocycles. The Morgan fingerprint density at radius 2 is 1.82 bits per heavy atom. The molecule has 1 heteroatoms. The summed E-state index contributed by atoms with van der Waals surface area (Å²) in [4.78, 5) is 0. The zero-order valence-corrected chi connectivity index (χ0v) is 7.95. The van der Waals surface area contributed by atoms with Crippen molar-refractivity contribution in [2.75, 3.05) is 6.54 Å². The summed E-state index contributed by atoms with van der Waals surface area (Å²) < 4.78 is 0. The summed E-state index contributed by atoms with van der Waals surface area (Å²) in [5.41, 5.74) is 0.480. The van der Waals surface area contributed by atoms with Gasteiger partial charge in [0.2, 0.25) is 0 Å². The Balaban J connectivity index is 2.25. The van der Waals surface area contributed by atoms with E-state index in [0.29, 0.717) is 5.54 Å². The van der Waals surface area contributed by atoms with Crippen LogP contribution in [0.15, 0.2) is 0 Å². The van der Waals surface area contributed by atoms with Crippen LogP contribution < -0.4 is 5.32 Å². The molecule has 0 aromatic rings. The Bertz CT molecular complexity index is 103. The highest BCUT2D eigenvalue weighted by Gasteiger charge is 2.24. The van der Waals surface area contributed by atoms with Gasteiger partial charge in [0, 0.05) is 5.54 Å². The summed E-state index contributed by atoms with van der Waals surface area (Å²) in [5, 5.41) is 3.65. The lowest BCUT2D eigenvalue weighted by atomic mass is 9.83. The number of rotatable bonds is 3. The molecule has 0 aromatic carbocycles. The molecule has 0 spiro atoms. The van der Waals surface area contributed by atoms with Crippen molar-refractivity contribution in [3.8, 4) is 0 Å². The summed E-state index contributed by atoms with van der Waals surface area (Å²) >= 11 is 0. The summed E-state index contributed by atoms with van der Waals surface area (Å²) in [7, 11) is 0. The fraction of sp³-hybridized carbons (Fsp3) is 1.00. The fourth-order valence-electron chi connectivity index (χ4n) is 1.94. The molecule has 1 aliphatic carbocycles. The molecule has 0 atom stereocenters.